The van der Waals surface area contributed by atoms with E-state index in [0.717, 1.165) is 18.7 Å². The summed E-state index contributed by atoms with van der Waals surface area (Å²) in [5.41, 5.74) is 1.82. The first-order valence-corrected chi connectivity index (χ1v) is 8.49. The molecule has 0 saturated heterocycles. The molecule has 0 aromatic heterocycles. The first-order valence-electron chi connectivity index (χ1n) is 8.11. The lowest BCUT2D eigenvalue weighted by molar-refractivity contribution is -0.0483. The van der Waals surface area contributed by atoms with E-state index < -0.39 is 0 Å². The summed E-state index contributed by atoms with van der Waals surface area (Å²) in [5.74, 6) is 0.398. The molecular weight excluding hydrogens is 285 g/mol. The molecule has 0 bridgehead atoms. The summed E-state index contributed by atoms with van der Waals surface area (Å²) in [7, 11) is 0. The molecule has 21 heavy (non-hydrogen) atoms. The first kappa shape index (κ1) is 15.3. The van der Waals surface area contributed by atoms with Crippen molar-refractivity contribution in [2.75, 3.05) is 13.1 Å². The number of rotatable bonds is 5. The van der Waals surface area contributed by atoms with Gasteiger partial charge in [0.25, 0.3) is 0 Å². The highest BCUT2D eigenvalue weighted by molar-refractivity contribution is 6.31. The molecule has 2 saturated carbocycles. The van der Waals surface area contributed by atoms with Crippen LogP contribution in [0.25, 0.3) is 0 Å². The number of nitrogens with one attached hydrogen (secondary N) is 1. The topological polar surface area (TPSA) is 12.0 Å². The fraction of sp³-hybridized carbons (Fsp3) is 0.667. The van der Waals surface area contributed by atoms with Crippen molar-refractivity contribution >= 4 is 11.6 Å². The summed E-state index contributed by atoms with van der Waals surface area (Å²) in [5, 5.41) is 4.19. The molecule has 1 N–H and O–H groups in total. The van der Waals surface area contributed by atoms with Gasteiger partial charge in [-0.1, -0.05) is 37.9 Å². The second-order valence-electron chi connectivity index (χ2n) is 7.64. The van der Waals surface area contributed by atoms with Gasteiger partial charge in [0.1, 0.15) is 5.82 Å². The van der Waals surface area contributed by atoms with E-state index in [9.17, 15) is 4.39 Å². The zero-order valence-corrected chi connectivity index (χ0v) is 13.8. The third kappa shape index (κ3) is 2.85. The van der Waals surface area contributed by atoms with E-state index in [1.807, 2.05) is 6.07 Å². The van der Waals surface area contributed by atoms with Gasteiger partial charge in [-0.25, -0.2) is 4.39 Å². The number of halogens is 2. The highest BCUT2D eigenvalue weighted by atomic mass is 35.5. The SMILES string of the molecule is CC(C)CNCC1(c2ccc(F)cc2Cl)CC2(CCC2)C1. The number of hydrogen-bond donors (Lipinski definition) is 1. The van der Waals surface area contributed by atoms with Crippen LogP contribution in [0.4, 0.5) is 4.39 Å². The zero-order valence-electron chi connectivity index (χ0n) is 13.0. The Bertz CT molecular complexity index is 514. The van der Waals surface area contributed by atoms with Gasteiger partial charge < -0.3 is 5.32 Å². The van der Waals surface area contributed by atoms with Crippen LogP contribution in [0, 0.1) is 17.2 Å². The van der Waals surface area contributed by atoms with E-state index in [-0.39, 0.29) is 11.2 Å². The van der Waals surface area contributed by atoms with Gasteiger partial charge in [0, 0.05) is 17.0 Å². The molecule has 2 aliphatic carbocycles. The molecule has 2 fully saturated rings. The average molecular weight is 310 g/mol. The molecule has 0 heterocycles. The summed E-state index contributed by atoms with van der Waals surface area (Å²) < 4.78 is 13.3. The molecule has 2 aliphatic rings. The largest absolute Gasteiger partial charge is 0.316 e. The molecule has 1 nitrogen and oxygen atoms in total. The monoisotopic (exact) mass is 309 g/mol. The maximum absolute atomic E-state index is 13.3. The summed E-state index contributed by atoms with van der Waals surface area (Å²) >= 11 is 6.35. The summed E-state index contributed by atoms with van der Waals surface area (Å²) in [4.78, 5) is 0. The Morgan fingerprint density at radius 3 is 2.52 bits per heavy atom. The Hall–Kier alpha value is -0.600. The number of hydrogen-bond acceptors (Lipinski definition) is 1. The van der Waals surface area contributed by atoms with Gasteiger partial charge in [-0.2, -0.15) is 0 Å². The summed E-state index contributed by atoms with van der Waals surface area (Å²) in [6.45, 7) is 6.42. The Kier molecular flexibility index (Phi) is 4.04. The molecule has 0 unspecified atom stereocenters. The van der Waals surface area contributed by atoms with Crippen molar-refractivity contribution in [1.82, 2.24) is 5.32 Å². The molecule has 0 radical (unpaired) electrons. The van der Waals surface area contributed by atoms with Gasteiger partial charge >= 0.3 is 0 Å². The quantitative estimate of drug-likeness (QED) is 0.813. The van der Waals surface area contributed by atoms with Crippen LogP contribution in [0.5, 0.6) is 0 Å². The van der Waals surface area contributed by atoms with Gasteiger partial charge in [-0.3, -0.25) is 0 Å². The van der Waals surface area contributed by atoms with Crippen molar-refractivity contribution in [2.45, 2.75) is 51.4 Å². The van der Waals surface area contributed by atoms with E-state index >= 15 is 0 Å². The Morgan fingerprint density at radius 2 is 2.00 bits per heavy atom. The molecule has 1 aromatic rings. The molecule has 0 atom stereocenters. The lowest BCUT2D eigenvalue weighted by Gasteiger charge is -2.62. The van der Waals surface area contributed by atoms with Crippen LogP contribution in [-0.2, 0) is 5.41 Å². The highest BCUT2D eigenvalue weighted by Gasteiger charge is 2.57. The maximum atomic E-state index is 13.3. The van der Waals surface area contributed by atoms with Crippen molar-refractivity contribution in [1.29, 1.82) is 0 Å². The minimum absolute atomic E-state index is 0.111. The van der Waals surface area contributed by atoms with Crippen LogP contribution < -0.4 is 5.32 Å². The zero-order chi connectivity index (χ0) is 15.1. The molecular formula is C18H25ClFN. The lowest BCUT2D eigenvalue weighted by Crippen LogP contribution is -2.57. The van der Waals surface area contributed by atoms with Gasteiger partial charge in [-0.05, 0) is 61.3 Å². The van der Waals surface area contributed by atoms with Crippen molar-refractivity contribution in [3.05, 3.63) is 34.6 Å². The van der Waals surface area contributed by atoms with E-state index in [1.165, 1.54) is 38.2 Å². The predicted octanol–water partition coefficient (Wildman–Crippen LogP) is 4.93. The molecule has 3 heteroatoms. The molecule has 3 rings (SSSR count). The Labute approximate surface area is 132 Å². The molecule has 0 amide bonds. The van der Waals surface area contributed by atoms with Gasteiger partial charge in [0.05, 0.1) is 0 Å². The molecule has 1 spiro atoms. The third-order valence-corrected chi connectivity index (χ3v) is 5.67. The average Bonchev–Trinajstić information content (AvgIpc) is 2.30. The fourth-order valence-corrected chi connectivity index (χ4v) is 4.71. The first-order chi connectivity index (χ1) is 9.95. The van der Waals surface area contributed by atoms with Gasteiger partial charge in [0.2, 0.25) is 0 Å². The van der Waals surface area contributed by atoms with Crippen molar-refractivity contribution in [3.63, 3.8) is 0 Å². The smallest absolute Gasteiger partial charge is 0.124 e. The second kappa shape index (κ2) is 5.55. The van der Waals surface area contributed by atoms with Crippen LogP contribution in [0.2, 0.25) is 5.02 Å². The summed E-state index contributed by atoms with van der Waals surface area (Å²) in [6, 6.07) is 4.92. The van der Waals surface area contributed by atoms with E-state index in [2.05, 4.69) is 19.2 Å². The van der Waals surface area contributed by atoms with Crippen LogP contribution >= 0.6 is 11.6 Å². The van der Waals surface area contributed by atoms with Crippen molar-refractivity contribution in [2.24, 2.45) is 11.3 Å². The highest BCUT2D eigenvalue weighted by Crippen LogP contribution is 2.65. The van der Waals surface area contributed by atoms with Gasteiger partial charge in [0.15, 0.2) is 0 Å². The molecule has 1 aromatic carbocycles. The minimum atomic E-state index is -0.244. The second-order valence-corrected chi connectivity index (χ2v) is 8.04. The predicted molar refractivity (Wildman–Crippen MR) is 86.3 cm³/mol. The van der Waals surface area contributed by atoms with E-state index in [4.69, 9.17) is 11.6 Å². The number of benzene rings is 1. The van der Waals surface area contributed by atoms with E-state index in [0.29, 0.717) is 16.4 Å². The van der Waals surface area contributed by atoms with Crippen LogP contribution in [0.1, 0.15) is 51.5 Å². The fourth-order valence-electron chi connectivity index (χ4n) is 4.34. The van der Waals surface area contributed by atoms with Crippen molar-refractivity contribution in [3.8, 4) is 0 Å². The van der Waals surface area contributed by atoms with Crippen molar-refractivity contribution < 1.29 is 4.39 Å². The van der Waals surface area contributed by atoms with Crippen LogP contribution in [0.3, 0.4) is 0 Å². The summed E-state index contributed by atoms with van der Waals surface area (Å²) in [6.07, 6.45) is 6.50. The van der Waals surface area contributed by atoms with E-state index in [1.54, 1.807) is 6.07 Å². The van der Waals surface area contributed by atoms with Gasteiger partial charge in [-0.15, -0.1) is 0 Å². The molecule has 0 aliphatic heterocycles. The normalized spacial score (nSPS) is 22.1. The molecule has 116 valence electrons. The third-order valence-electron chi connectivity index (χ3n) is 5.36. The van der Waals surface area contributed by atoms with Crippen LogP contribution in [-0.4, -0.2) is 13.1 Å². The minimum Gasteiger partial charge on any atom is -0.316 e. The standard InChI is InChI=1S/C18H25ClFN/c1-13(2)9-21-12-18(10-17(11-18)6-3-7-17)15-5-4-14(20)8-16(15)19/h4-5,8,13,21H,3,6-7,9-12H2,1-2H3. The Morgan fingerprint density at radius 1 is 1.29 bits per heavy atom. The lowest BCUT2D eigenvalue weighted by atomic mass is 9.43. The Balaban J connectivity index is 1.79. The van der Waals surface area contributed by atoms with Crippen LogP contribution in [0.15, 0.2) is 18.2 Å². The maximum Gasteiger partial charge on any atom is 0.124 e.